The zero-order valence-electron chi connectivity index (χ0n) is 13.0. The standard InChI is InChI=1S/C17H26N2OS/c1-14(13-19-10-6-7-11-19)12-18-17(20)15(2)21-16-8-4-3-5-9-16/h3-5,8-9,14-15H,6-7,10-13H2,1-2H3,(H,18,20). The Labute approximate surface area is 132 Å². The van der Waals surface area contributed by atoms with Crippen molar-refractivity contribution in [2.24, 2.45) is 5.92 Å². The van der Waals surface area contributed by atoms with E-state index in [1.54, 1.807) is 11.8 Å². The number of thioether (sulfide) groups is 1. The Bertz CT molecular complexity index is 432. The van der Waals surface area contributed by atoms with Gasteiger partial charge >= 0.3 is 0 Å². The molecular formula is C17H26N2OS. The Hall–Kier alpha value is -1.00. The number of hydrogen-bond acceptors (Lipinski definition) is 3. The molecule has 1 aliphatic rings. The summed E-state index contributed by atoms with van der Waals surface area (Å²) in [6, 6.07) is 10.1. The molecule has 1 amide bonds. The van der Waals surface area contributed by atoms with Crippen LogP contribution in [0.15, 0.2) is 35.2 Å². The summed E-state index contributed by atoms with van der Waals surface area (Å²) in [5.74, 6) is 0.651. The number of nitrogens with one attached hydrogen (secondary N) is 1. The highest BCUT2D eigenvalue weighted by atomic mass is 32.2. The molecule has 1 heterocycles. The van der Waals surface area contributed by atoms with Gasteiger partial charge in [0.05, 0.1) is 5.25 Å². The van der Waals surface area contributed by atoms with E-state index in [0.717, 1.165) is 18.0 Å². The Morgan fingerprint density at radius 1 is 1.24 bits per heavy atom. The summed E-state index contributed by atoms with van der Waals surface area (Å²) < 4.78 is 0. The number of likely N-dealkylation sites (tertiary alicyclic amines) is 1. The summed E-state index contributed by atoms with van der Waals surface area (Å²) in [5, 5.41) is 3.04. The van der Waals surface area contributed by atoms with Gasteiger partial charge < -0.3 is 10.2 Å². The maximum absolute atomic E-state index is 12.1. The van der Waals surface area contributed by atoms with Crippen LogP contribution in [0.3, 0.4) is 0 Å². The summed E-state index contributed by atoms with van der Waals surface area (Å²) in [4.78, 5) is 15.8. The van der Waals surface area contributed by atoms with Gasteiger partial charge in [-0.05, 0) is 50.9 Å². The predicted molar refractivity (Wildman–Crippen MR) is 89.6 cm³/mol. The molecule has 0 bridgehead atoms. The van der Waals surface area contributed by atoms with E-state index in [1.807, 2.05) is 37.3 Å². The van der Waals surface area contributed by atoms with Crippen molar-refractivity contribution in [1.82, 2.24) is 10.2 Å². The van der Waals surface area contributed by atoms with Crippen LogP contribution in [0.5, 0.6) is 0 Å². The molecule has 0 aliphatic carbocycles. The van der Waals surface area contributed by atoms with Crippen molar-refractivity contribution in [1.29, 1.82) is 0 Å². The van der Waals surface area contributed by atoms with Gasteiger partial charge in [-0.3, -0.25) is 4.79 Å². The van der Waals surface area contributed by atoms with Crippen LogP contribution in [0.25, 0.3) is 0 Å². The zero-order chi connectivity index (χ0) is 15.1. The second-order valence-electron chi connectivity index (χ2n) is 5.93. The van der Waals surface area contributed by atoms with Crippen molar-refractivity contribution in [3.05, 3.63) is 30.3 Å². The SMILES string of the molecule is CC(CNC(=O)C(C)Sc1ccccc1)CN1CCCC1. The Kier molecular flexibility index (Phi) is 6.58. The minimum atomic E-state index is -0.0496. The van der Waals surface area contributed by atoms with Crippen molar-refractivity contribution in [3.8, 4) is 0 Å². The molecule has 1 aliphatic heterocycles. The van der Waals surface area contributed by atoms with Gasteiger partial charge in [-0.25, -0.2) is 0 Å². The minimum absolute atomic E-state index is 0.0496. The van der Waals surface area contributed by atoms with Gasteiger partial charge in [-0.2, -0.15) is 0 Å². The lowest BCUT2D eigenvalue weighted by Gasteiger charge is -2.21. The van der Waals surface area contributed by atoms with Crippen molar-refractivity contribution in [2.45, 2.75) is 36.8 Å². The summed E-state index contributed by atoms with van der Waals surface area (Å²) in [6.45, 7) is 8.50. The van der Waals surface area contributed by atoms with Gasteiger partial charge in [0.2, 0.25) is 5.91 Å². The predicted octanol–water partition coefficient (Wildman–Crippen LogP) is 3.02. The lowest BCUT2D eigenvalue weighted by Crippen LogP contribution is -2.37. The highest BCUT2D eigenvalue weighted by Crippen LogP contribution is 2.22. The van der Waals surface area contributed by atoms with E-state index < -0.39 is 0 Å². The van der Waals surface area contributed by atoms with E-state index in [0.29, 0.717) is 5.92 Å². The van der Waals surface area contributed by atoms with E-state index in [2.05, 4.69) is 17.1 Å². The molecule has 0 radical (unpaired) electrons. The third kappa shape index (κ3) is 5.71. The van der Waals surface area contributed by atoms with Crippen LogP contribution in [0.2, 0.25) is 0 Å². The summed E-state index contributed by atoms with van der Waals surface area (Å²) >= 11 is 1.61. The van der Waals surface area contributed by atoms with Gasteiger partial charge in [-0.15, -0.1) is 11.8 Å². The van der Waals surface area contributed by atoms with E-state index in [4.69, 9.17) is 0 Å². The first-order valence-electron chi connectivity index (χ1n) is 7.87. The van der Waals surface area contributed by atoms with Gasteiger partial charge in [0.1, 0.15) is 0 Å². The number of carbonyl (C=O) groups excluding carboxylic acids is 1. The molecule has 3 nitrogen and oxygen atoms in total. The van der Waals surface area contributed by atoms with E-state index in [9.17, 15) is 4.79 Å². The molecule has 2 unspecified atom stereocenters. The van der Waals surface area contributed by atoms with Crippen LogP contribution in [-0.4, -0.2) is 42.2 Å². The smallest absolute Gasteiger partial charge is 0.233 e. The molecule has 21 heavy (non-hydrogen) atoms. The molecule has 1 fully saturated rings. The van der Waals surface area contributed by atoms with Crippen LogP contribution >= 0.6 is 11.8 Å². The van der Waals surface area contributed by atoms with E-state index in [-0.39, 0.29) is 11.2 Å². The lowest BCUT2D eigenvalue weighted by molar-refractivity contribution is -0.120. The maximum Gasteiger partial charge on any atom is 0.233 e. The fourth-order valence-corrected chi connectivity index (χ4v) is 3.56. The first-order valence-corrected chi connectivity index (χ1v) is 8.75. The molecule has 4 heteroatoms. The molecule has 116 valence electrons. The number of nitrogens with zero attached hydrogens (tertiary/aromatic N) is 1. The van der Waals surface area contributed by atoms with Crippen molar-refractivity contribution < 1.29 is 4.79 Å². The number of rotatable bonds is 7. The summed E-state index contributed by atoms with van der Waals surface area (Å²) in [5.41, 5.74) is 0. The van der Waals surface area contributed by atoms with Crippen LogP contribution in [0.4, 0.5) is 0 Å². The van der Waals surface area contributed by atoms with Gasteiger partial charge in [0.25, 0.3) is 0 Å². The van der Waals surface area contributed by atoms with Crippen molar-refractivity contribution in [3.63, 3.8) is 0 Å². The molecule has 0 saturated carbocycles. The molecule has 0 spiro atoms. The fourth-order valence-electron chi connectivity index (χ4n) is 2.65. The maximum atomic E-state index is 12.1. The summed E-state index contributed by atoms with van der Waals surface area (Å²) in [6.07, 6.45) is 2.65. The number of hydrogen-bond donors (Lipinski definition) is 1. The zero-order valence-corrected chi connectivity index (χ0v) is 13.9. The van der Waals surface area contributed by atoms with E-state index in [1.165, 1.54) is 25.9 Å². The van der Waals surface area contributed by atoms with Crippen LogP contribution in [0.1, 0.15) is 26.7 Å². The highest BCUT2D eigenvalue weighted by Gasteiger charge is 2.17. The Morgan fingerprint density at radius 2 is 1.90 bits per heavy atom. The monoisotopic (exact) mass is 306 g/mol. The third-order valence-electron chi connectivity index (χ3n) is 3.82. The Morgan fingerprint density at radius 3 is 2.57 bits per heavy atom. The molecule has 2 rings (SSSR count). The molecule has 1 N–H and O–H groups in total. The van der Waals surface area contributed by atoms with Crippen LogP contribution in [-0.2, 0) is 4.79 Å². The number of amides is 1. The molecule has 1 aromatic rings. The normalized spacial score (nSPS) is 18.4. The molecule has 2 atom stereocenters. The van der Waals surface area contributed by atoms with Crippen molar-refractivity contribution in [2.75, 3.05) is 26.2 Å². The molecule has 1 saturated heterocycles. The quantitative estimate of drug-likeness (QED) is 0.786. The third-order valence-corrected chi connectivity index (χ3v) is 4.93. The fraction of sp³-hybridized carbons (Fsp3) is 0.588. The van der Waals surface area contributed by atoms with Crippen LogP contribution in [0, 0.1) is 5.92 Å². The molecular weight excluding hydrogens is 280 g/mol. The number of benzene rings is 1. The first-order chi connectivity index (χ1) is 10.1. The number of carbonyl (C=O) groups is 1. The first kappa shape index (κ1) is 16.4. The second kappa shape index (κ2) is 8.44. The molecule has 1 aromatic carbocycles. The summed E-state index contributed by atoms with van der Waals surface area (Å²) in [7, 11) is 0. The minimum Gasteiger partial charge on any atom is -0.355 e. The van der Waals surface area contributed by atoms with Crippen molar-refractivity contribution >= 4 is 17.7 Å². The van der Waals surface area contributed by atoms with Gasteiger partial charge in [0.15, 0.2) is 0 Å². The average Bonchev–Trinajstić information content (AvgIpc) is 2.98. The van der Waals surface area contributed by atoms with Gasteiger partial charge in [0, 0.05) is 18.0 Å². The second-order valence-corrected chi connectivity index (χ2v) is 7.35. The largest absolute Gasteiger partial charge is 0.355 e. The lowest BCUT2D eigenvalue weighted by atomic mass is 10.1. The average molecular weight is 306 g/mol. The van der Waals surface area contributed by atoms with Gasteiger partial charge in [-0.1, -0.05) is 25.1 Å². The van der Waals surface area contributed by atoms with Crippen LogP contribution < -0.4 is 5.32 Å². The highest BCUT2D eigenvalue weighted by molar-refractivity contribution is 8.00. The van der Waals surface area contributed by atoms with E-state index >= 15 is 0 Å². The topological polar surface area (TPSA) is 32.3 Å². The molecule has 0 aromatic heterocycles. The Balaban J connectivity index is 1.68.